The van der Waals surface area contributed by atoms with Crippen LogP contribution in [0.5, 0.6) is 0 Å². The molecule has 140 valence electrons. The van der Waals surface area contributed by atoms with Gasteiger partial charge in [-0.25, -0.2) is 0 Å². The second kappa shape index (κ2) is 7.39. The van der Waals surface area contributed by atoms with E-state index >= 15 is 0 Å². The normalized spacial score (nSPS) is 28.7. The van der Waals surface area contributed by atoms with Crippen molar-refractivity contribution in [3.05, 3.63) is 35.9 Å². The molecule has 3 aliphatic rings. The standard InChI is InChI=1S/C21H29N3O2/c25-19(14-17-6-2-1-3-7-17)23-10-12-24(13-11-23)20(26)21-9-5-4-8-18(21)15-22-16-21/h1-3,6-7,18,22H,4-5,8-16H2/t18-,21+/m0/s1. The number of hydrogen-bond acceptors (Lipinski definition) is 3. The van der Waals surface area contributed by atoms with Crippen molar-refractivity contribution in [1.29, 1.82) is 0 Å². The first-order valence-electron chi connectivity index (χ1n) is 10.0. The van der Waals surface area contributed by atoms with E-state index in [-0.39, 0.29) is 11.3 Å². The van der Waals surface area contributed by atoms with Crippen molar-refractivity contribution in [3.63, 3.8) is 0 Å². The van der Waals surface area contributed by atoms with E-state index in [2.05, 4.69) is 5.32 Å². The number of carbonyl (C=O) groups is 2. The number of nitrogens with zero attached hydrogens (tertiary/aromatic N) is 2. The third-order valence-corrected chi connectivity index (χ3v) is 6.58. The van der Waals surface area contributed by atoms with Crippen LogP contribution in [0.15, 0.2) is 30.3 Å². The Morgan fingerprint density at radius 3 is 2.54 bits per heavy atom. The van der Waals surface area contributed by atoms with Crippen molar-refractivity contribution in [2.75, 3.05) is 39.3 Å². The Hall–Kier alpha value is -1.88. The fourth-order valence-electron chi connectivity index (χ4n) is 5.02. The molecule has 1 saturated carbocycles. The zero-order valence-electron chi connectivity index (χ0n) is 15.5. The monoisotopic (exact) mass is 355 g/mol. The number of carbonyl (C=O) groups excluding carboxylic acids is 2. The molecule has 0 spiro atoms. The van der Waals surface area contributed by atoms with Gasteiger partial charge in [0.25, 0.3) is 0 Å². The van der Waals surface area contributed by atoms with Crippen LogP contribution >= 0.6 is 0 Å². The van der Waals surface area contributed by atoms with Gasteiger partial charge in [0, 0.05) is 32.7 Å². The number of benzene rings is 1. The summed E-state index contributed by atoms with van der Waals surface area (Å²) in [5.41, 5.74) is 0.881. The number of piperazine rings is 1. The summed E-state index contributed by atoms with van der Waals surface area (Å²) in [5.74, 6) is 1.00. The van der Waals surface area contributed by atoms with Gasteiger partial charge in [0.1, 0.15) is 0 Å². The van der Waals surface area contributed by atoms with Crippen molar-refractivity contribution in [1.82, 2.24) is 15.1 Å². The molecular weight excluding hydrogens is 326 g/mol. The number of fused-ring (bicyclic) bond motifs is 1. The summed E-state index contributed by atoms with van der Waals surface area (Å²) in [6.45, 7) is 4.49. The maximum Gasteiger partial charge on any atom is 0.230 e. The van der Waals surface area contributed by atoms with Crippen molar-refractivity contribution >= 4 is 11.8 Å². The smallest absolute Gasteiger partial charge is 0.230 e. The highest BCUT2D eigenvalue weighted by molar-refractivity contribution is 5.85. The lowest BCUT2D eigenvalue weighted by molar-refractivity contribution is -0.149. The zero-order chi connectivity index (χ0) is 18.0. The molecule has 5 heteroatoms. The van der Waals surface area contributed by atoms with Crippen molar-refractivity contribution in [2.45, 2.75) is 32.1 Å². The van der Waals surface area contributed by atoms with Crippen LogP contribution in [0.4, 0.5) is 0 Å². The van der Waals surface area contributed by atoms with E-state index in [9.17, 15) is 9.59 Å². The molecule has 0 unspecified atom stereocenters. The zero-order valence-corrected chi connectivity index (χ0v) is 15.5. The number of nitrogens with one attached hydrogen (secondary N) is 1. The van der Waals surface area contributed by atoms with E-state index < -0.39 is 0 Å². The molecule has 2 saturated heterocycles. The predicted octanol–water partition coefficient (Wildman–Crippen LogP) is 1.68. The quantitative estimate of drug-likeness (QED) is 0.898. The van der Waals surface area contributed by atoms with E-state index in [1.165, 1.54) is 19.3 Å². The fourth-order valence-corrected chi connectivity index (χ4v) is 5.02. The van der Waals surface area contributed by atoms with Crippen LogP contribution in [0.2, 0.25) is 0 Å². The van der Waals surface area contributed by atoms with Crippen LogP contribution in [-0.4, -0.2) is 60.9 Å². The molecule has 26 heavy (non-hydrogen) atoms. The van der Waals surface area contributed by atoms with Gasteiger partial charge < -0.3 is 15.1 Å². The number of rotatable bonds is 3. The van der Waals surface area contributed by atoms with Crippen LogP contribution in [0.3, 0.4) is 0 Å². The lowest BCUT2D eigenvalue weighted by Crippen LogP contribution is -2.56. The summed E-state index contributed by atoms with van der Waals surface area (Å²) in [6.07, 6.45) is 5.07. The Labute approximate surface area is 155 Å². The minimum absolute atomic E-state index is 0.166. The third-order valence-electron chi connectivity index (χ3n) is 6.58. The van der Waals surface area contributed by atoms with E-state index in [1.807, 2.05) is 40.1 Å². The average molecular weight is 355 g/mol. The molecule has 3 fully saturated rings. The molecule has 5 nitrogen and oxygen atoms in total. The maximum atomic E-state index is 13.3. The van der Waals surface area contributed by atoms with Gasteiger partial charge in [-0.2, -0.15) is 0 Å². The molecule has 2 heterocycles. The summed E-state index contributed by atoms with van der Waals surface area (Å²) in [5, 5.41) is 3.47. The van der Waals surface area contributed by atoms with E-state index in [0.717, 1.165) is 25.1 Å². The predicted molar refractivity (Wildman–Crippen MR) is 101 cm³/mol. The molecule has 2 amide bonds. The maximum absolute atomic E-state index is 13.3. The molecular formula is C21H29N3O2. The van der Waals surface area contributed by atoms with Gasteiger partial charge in [0.05, 0.1) is 11.8 Å². The van der Waals surface area contributed by atoms with Gasteiger partial charge in [-0.05, 0) is 30.9 Å². The Kier molecular flexibility index (Phi) is 4.98. The highest BCUT2D eigenvalue weighted by Gasteiger charge is 2.51. The van der Waals surface area contributed by atoms with Gasteiger partial charge in [-0.15, -0.1) is 0 Å². The largest absolute Gasteiger partial charge is 0.339 e. The van der Waals surface area contributed by atoms with Crippen molar-refractivity contribution in [2.24, 2.45) is 11.3 Å². The number of hydrogen-bond donors (Lipinski definition) is 1. The van der Waals surface area contributed by atoms with Crippen LogP contribution in [-0.2, 0) is 16.0 Å². The average Bonchev–Trinajstić information content (AvgIpc) is 3.13. The first-order valence-corrected chi connectivity index (χ1v) is 10.0. The minimum atomic E-state index is -0.172. The summed E-state index contributed by atoms with van der Waals surface area (Å²) >= 11 is 0. The Balaban J connectivity index is 1.34. The highest BCUT2D eigenvalue weighted by Crippen LogP contribution is 2.45. The molecule has 0 bridgehead atoms. The molecule has 1 aromatic carbocycles. The van der Waals surface area contributed by atoms with E-state index in [1.54, 1.807) is 0 Å². The Morgan fingerprint density at radius 2 is 1.77 bits per heavy atom. The highest BCUT2D eigenvalue weighted by atomic mass is 16.2. The molecule has 1 aromatic rings. The Bertz CT molecular complexity index is 654. The first-order chi connectivity index (χ1) is 12.7. The summed E-state index contributed by atoms with van der Waals surface area (Å²) < 4.78 is 0. The molecule has 1 N–H and O–H groups in total. The van der Waals surface area contributed by atoms with Crippen molar-refractivity contribution < 1.29 is 9.59 Å². The van der Waals surface area contributed by atoms with Gasteiger partial charge >= 0.3 is 0 Å². The van der Waals surface area contributed by atoms with Gasteiger partial charge in [0.2, 0.25) is 11.8 Å². The second-order valence-electron chi connectivity index (χ2n) is 8.07. The van der Waals surface area contributed by atoms with Crippen LogP contribution in [0, 0.1) is 11.3 Å². The molecule has 0 radical (unpaired) electrons. The van der Waals surface area contributed by atoms with Crippen LogP contribution in [0.1, 0.15) is 31.2 Å². The topological polar surface area (TPSA) is 52.7 Å². The number of amides is 2. The first kappa shape index (κ1) is 17.5. The van der Waals surface area contributed by atoms with E-state index in [0.29, 0.717) is 44.4 Å². The van der Waals surface area contributed by atoms with Gasteiger partial charge in [-0.3, -0.25) is 9.59 Å². The lowest BCUT2D eigenvalue weighted by atomic mass is 9.67. The molecule has 1 aliphatic carbocycles. The summed E-state index contributed by atoms with van der Waals surface area (Å²) in [6, 6.07) is 9.89. The molecule has 4 rings (SSSR count). The lowest BCUT2D eigenvalue weighted by Gasteiger charge is -2.43. The van der Waals surface area contributed by atoms with Gasteiger partial charge in [-0.1, -0.05) is 43.2 Å². The van der Waals surface area contributed by atoms with Crippen LogP contribution in [0.25, 0.3) is 0 Å². The fraction of sp³-hybridized carbons (Fsp3) is 0.619. The van der Waals surface area contributed by atoms with Crippen LogP contribution < -0.4 is 5.32 Å². The molecule has 2 atom stereocenters. The summed E-state index contributed by atoms with van der Waals surface area (Å²) in [7, 11) is 0. The Morgan fingerprint density at radius 1 is 1.04 bits per heavy atom. The van der Waals surface area contributed by atoms with E-state index in [4.69, 9.17) is 0 Å². The minimum Gasteiger partial charge on any atom is -0.339 e. The molecule has 2 aliphatic heterocycles. The van der Waals surface area contributed by atoms with Crippen molar-refractivity contribution in [3.8, 4) is 0 Å². The second-order valence-corrected chi connectivity index (χ2v) is 8.07. The molecule has 0 aromatic heterocycles. The third kappa shape index (κ3) is 3.25. The SMILES string of the molecule is O=C(Cc1ccccc1)N1CCN(C(=O)[C@@]23CCCC[C@H]2CNC3)CC1. The van der Waals surface area contributed by atoms with Gasteiger partial charge in [0.15, 0.2) is 0 Å². The summed E-state index contributed by atoms with van der Waals surface area (Å²) in [4.78, 5) is 29.8.